The van der Waals surface area contributed by atoms with E-state index in [0.29, 0.717) is 0 Å². The van der Waals surface area contributed by atoms with Gasteiger partial charge >= 0.3 is 0 Å². The van der Waals surface area contributed by atoms with Gasteiger partial charge in [-0.05, 0) is 11.5 Å². The number of rotatable bonds is 16. The summed E-state index contributed by atoms with van der Waals surface area (Å²) in [5.41, 5.74) is 1.88. The third-order valence-electron chi connectivity index (χ3n) is 13.3. The predicted octanol–water partition coefficient (Wildman–Crippen LogP) is 15.6. The molecular formula is C36H94S3Si12. The lowest BCUT2D eigenvalue weighted by Gasteiger charge is -2.68. The highest BCUT2D eigenvalue weighted by molar-refractivity contribution is 9.14. The monoisotopic (exact) mass is 958 g/mol. The van der Waals surface area contributed by atoms with Gasteiger partial charge in [0.25, 0.3) is 0 Å². The van der Waals surface area contributed by atoms with Crippen LogP contribution in [0.5, 0.6) is 0 Å². The summed E-state index contributed by atoms with van der Waals surface area (Å²) in [4.78, 5) is 4.59. The molecule has 0 aromatic rings. The zero-order valence-corrected chi connectivity index (χ0v) is 54.6. The van der Waals surface area contributed by atoms with E-state index in [4.69, 9.17) is 0 Å². The molecule has 0 spiro atoms. The van der Waals surface area contributed by atoms with Gasteiger partial charge in [0.15, 0.2) is 10.8 Å². The number of fused-ring (bicyclic) bond motifs is 1. The number of hydrogen-bond acceptors (Lipinski definition) is 3. The molecule has 0 saturated carbocycles. The molecule has 0 radical (unpaired) electrons. The average Bonchev–Trinajstić information content (AvgIpc) is 3.47. The fourth-order valence-corrected chi connectivity index (χ4v) is 373. The first-order valence-corrected chi connectivity index (χ1v) is 66.8. The fraction of sp³-hybridized carbons (Fsp3) is 1.00. The molecule has 0 unspecified atom stereocenters. The van der Waals surface area contributed by atoms with Gasteiger partial charge < -0.3 is 0 Å². The van der Waals surface area contributed by atoms with Crippen LogP contribution in [0.15, 0.2) is 0 Å². The third-order valence-corrected chi connectivity index (χ3v) is 193. The van der Waals surface area contributed by atoms with E-state index in [-0.39, 0.29) is 0 Å². The van der Waals surface area contributed by atoms with Gasteiger partial charge in [0.2, 0.25) is 0 Å². The molecule has 0 aromatic heterocycles. The summed E-state index contributed by atoms with van der Waals surface area (Å²) in [6.07, 6.45) is 0. The van der Waals surface area contributed by atoms with Crippen molar-refractivity contribution in [3.05, 3.63) is 0 Å². The van der Waals surface area contributed by atoms with E-state index in [1.807, 2.05) is 0 Å². The molecule has 0 bridgehead atoms. The van der Waals surface area contributed by atoms with Crippen molar-refractivity contribution in [2.24, 2.45) is 0 Å². The third kappa shape index (κ3) is 8.78. The van der Waals surface area contributed by atoms with Crippen LogP contribution < -0.4 is 0 Å². The van der Waals surface area contributed by atoms with Crippen molar-refractivity contribution in [1.29, 1.82) is 0 Å². The predicted molar refractivity (Wildman–Crippen MR) is 287 cm³/mol. The molecule has 2 saturated heterocycles. The van der Waals surface area contributed by atoms with E-state index >= 15 is 0 Å². The Morgan fingerprint density at radius 2 is 0.471 bits per heavy atom. The summed E-state index contributed by atoms with van der Waals surface area (Å²) >= 11 is 5.81. The van der Waals surface area contributed by atoms with Crippen LogP contribution in [-0.2, 0) is 0 Å². The second-order valence-electron chi connectivity index (χ2n) is 26.9. The van der Waals surface area contributed by atoms with E-state index < -0.39 is 90.6 Å². The Hall–Kier alpha value is 3.65. The Bertz CT molecular complexity index is 1010. The van der Waals surface area contributed by atoms with Gasteiger partial charge in [0.05, 0.1) is 15.2 Å². The van der Waals surface area contributed by atoms with E-state index in [2.05, 4.69) is 218 Å². The Morgan fingerprint density at radius 3 is 0.588 bits per heavy atom. The standard InChI is InChI=1S/C36H94S3Si12/c1-31(2)48(33(40(5,6)7)41(8,9)10,34(42(11,12)13)43(14,15)16)50-37-29-30-38-51(50,39-50)49(32(3)4,35(44(17,18)19)45(20,21)22)36(46(23,24)25)47(26,27)28/h31-36H,29-30H2,1-28H3/t50-,51+. The summed E-state index contributed by atoms with van der Waals surface area (Å²) in [5, 5.41) is -3.61. The summed E-state index contributed by atoms with van der Waals surface area (Å²) in [6, 6.07) is 0. The first-order valence-electron chi connectivity index (χ1n) is 21.0. The SMILES string of the molecule is CC(C)[Si](C([Si](C)(C)C)[Si](C)(C)C)(C([Si](C)(C)C)[Si](C)(C)C)[Si@@]12SCCS[Si@]1([Si](C(C)C)(C([Si](C)(C)C)[Si](C)(C)C)C([Si](C)(C)C)[Si](C)(C)C)S2. The Morgan fingerprint density at radius 1 is 0.314 bits per heavy atom. The molecule has 0 nitrogen and oxygen atoms in total. The molecule has 2 fully saturated rings. The first-order chi connectivity index (χ1) is 22.0. The molecule has 0 aliphatic carbocycles. The van der Waals surface area contributed by atoms with Crippen LogP contribution in [0.1, 0.15) is 27.7 Å². The molecule has 2 heterocycles. The van der Waals surface area contributed by atoms with Gasteiger partial charge in [-0.25, -0.2) is 0 Å². The molecule has 0 aromatic carbocycles. The van der Waals surface area contributed by atoms with Gasteiger partial charge in [-0.2, -0.15) is 33.1 Å². The maximum absolute atomic E-state index is 3.11. The highest BCUT2D eigenvalue weighted by atomic mass is 32.9. The molecule has 2 atom stereocenters. The van der Waals surface area contributed by atoms with Crippen molar-refractivity contribution in [2.45, 2.75) is 215 Å². The molecule has 0 amide bonds. The minimum Gasteiger partial charge on any atom is -0.190 e. The summed E-state index contributed by atoms with van der Waals surface area (Å²) in [5.74, 6) is 3.01. The van der Waals surface area contributed by atoms with Gasteiger partial charge in [-0.15, -0.1) is 0 Å². The second-order valence-corrected chi connectivity index (χ2v) is 128. The van der Waals surface area contributed by atoms with Gasteiger partial charge in [0.1, 0.15) is 0 Å². The van der Waals surface area contributed by atoms with E-state index in [1.165, 1.54) is 11.5 Å². The van der Waals surface area contributed by atoms with E-state index in [0.717, 1.165) is 30.2 Å². The lowest BCUT2D eigenvalue weighted by Crippen LogP contribution is -2.85. The highest BCUT2D eigenvalue weighted by Crippen LogP contribution is 2.85. The van der Waals surface area contributed by atoms with Crippen molar-refractivity contribution in [3.8, 4) is 0 Å². The van der Waals surface area contributed by atoms with Gasteiger partial charge in [0, 0.05) is 64.6 Å². The molecule has 15 heteroatoms. The van der Waals surface area contributed by atoms with Crippen LogP contribution in [0.3, 0.4) is 0 Å². The van der Waals surface area contributed by atoms with Crippen LogP contribution in [0.2, 0.25) is 187 Å². The molecule has 2 aliphatic heterocycles. The molecule has 2 rings (SSSR count). The average molecular weight is 960 g/mol. The minimum absolute atomic E-state index is 0.942. The van der Waals surface area contributed by atoms with Crippen LogP contribution >= 0.6 is 33.1 Å². The van der Waals surface area contributed by atoms with Gasteiger partial charge in [-0.1, -0.05) is 215 Å². The lowest BCUT2D eigenvalue weighted by molar-refractivity contribution is 0.987. The van der Waals surface area contributed by atoms with E-state index in [1.54, 1.807) is 0 Å². The van der Waals surface area contributed by atoms with Gasteiger partial charge in [-0.3, -0.25) is 0 Å². The van der Waals surface area contributed by atoms with Crippen LogP contribution in [0.25, 0.3) is 0 Å². The van der Waals surface area contributed by atoms with Crippen molar-refractivity contribution in [2.75, 3.05) is 11.5 Å². The molecule has 2 aliphatic rings. The number of hydrogen-bond donors (Lipinski definition) is 0. The molecule has 51 heavy (non-hydrogen) atoms. The first kappa shape index (κ1) is 50.8. The van der Waals surface area contributed by atoms with Crippen LogP contribution in [0, 0.1) is 0 Å². The van der Waals surface area contributed by atoms with Crippen molar-refractivity contribution >= 4 is 124 Å². The summed E-state index contributed by atoms with van der Waals surface area (Å²) in [6.45, 7) is 82.1. The van der Waals surface area contributed by atoms with E-state index in [9.17, 15) is 0 Å². The minimum atomic E-state index is -1.93. The van der Waals surface area contributed by atoms with Crippen LogP contribution in [0.4, 0.5) is 0 Å². The molecule has 0 N–H and O–H groups in total. The zero-order chi connectivity index (χ0) is 41.0. The summed E-state index contributed by atoms with van der Waals surface area (Å²) in [7, 11) is -13.0. The Labute approximate surface area is 346 Å². The molecule has 304 valence electrons. The van der Waals surface area contributed by atoms with Crippen molar-refractivity contribution in [3.63, 3.8) is 0 Å². The Balaban J connectivity index is 3.68. The van der Waals surface area contributed by atoms with Crippen molar-refractivity contribution < 1.29 is 0 Å². The van der Waals surface area contributed by atoms with Crippen molar-refractivity contribution in [1.82, 2.24) is 0 Å². The normalized spacial score (nSPS) is 24.1. The maximum atomic E-state index is 3.11. The fourth-order valence-electron chi connectivity index (χ4n) is 15.9. The topological polar surface area (TPSA) is 0 Å². The maximum Gasteiger partial charge on any atom is 0.171 e. The molecular weight excluding hydrogens is 866 g/mol. The zero-order valence-electron chi connectivity index (χ0n) is 40.1. The quantitative estimate of drug-likeness (QED) is 0.112. The largest absolute Gasteiger partial charge is 0.190 e. The summed E-state index contributed by atoms with van der Waals surface area (Å²) < 4.78 is 0. The lowest BCUT2D eigenvalue weighted by atomic mass is 10.6. The second kappa shape index (κ2) is 15.3. The Kier molecular flexibility index (Phi) is 15.2. The smallest absolute Gasteiger partial charge is 0.171 e. The highest BCUT2D eigenvalue weighted by Gasteiger charge is 2.95. The van der Waals surface area contributed by atoms with Crippen LogP contribution in [-0.4, -0.2) is 102 Å².